The van der Waals surface area contributed by atoms with E-state index in [9.17, 15) is 4.79 Å². The average molecular weight is 379 g/mol. The van der Waals surface area contributed by atoms with Crippen molar-refractivity contribution < 1.29 is 4.79 Å². The third-order valence-electron chi connectivity index (χ3n) is 3.03. The number of hydrogen-bond acceptors (Lipinski definition) is 4. The minimum atomic E-state index is -0.402. The van der Waals surface area contributed by atoms with Crippen molar-refractivity contribution in [1.29, 1.82) is 0 Å². The summed E-state index contributed by atoms with van der Waals surface area (Å²) >= 11 is 13.1. The number of benzene rings is 2. The van der Waals surface area contributed by atoms with Crippen LogP contribution in [0.15, 0.2) is 53.9 Å². The lowest BCUT2D eigenvalue weighted by atomic mass is 10.2. The molecule has 1 aromatic heterocycles. The van der Waals surface area contributed by atoms with Gasteiger partial charge in [0.25, 0.3) is 0 Å². The molecule has 2 aromatic carbocycles. The first kappa shape index (κ1) is 16.6. The first-order valence-corrected chi connectivity index (χ1v) is 8.54. The van der Waals surface area contributed by atoms with E-state index in [2.05, 4.69) is 21.2 Å². The van der Waals surface area contributed by atoms with Gasteiger partial charge >= 0.3 is 6.03 Å². The van der Waals surface area contributed by atoms with Gasteiger partial charge in [0.05, 0.1) is 5.69 Å². The number of hydrogen-bond donors (Lipinski definition) is 3. The molecule has 0 fully saturated rings. The normalized spacial score (nSPS) is 10.2. The monoisotopic (exact) mass is 378 g/mol. The molecule has 0 aliphatic rings. The number of hydrazine groups is 1. The summed E-state index contributed by atoms with van der Waals surface area (Å²) in [6.07, 6.45) is 0. The van der Waals surface area contributed by atoms with Crippen LogP contribution >= 0.6 is 34.5 Å². The van der Waals surface area contributed by atoms with Crippen LogP contribution in [0.25, 0.3) is 11.3 Å². The smallest absolute Gasteiger partial charge is 0.307 e. The molecule has 0 spiro atoms. The van der Waals surface area contributed by atoms with Crippen molar-refractivity contribution >= 4 is 51.4 Å². The second kappa shape index (κ2) is 7.53. The second-order valence-corrected chi connectivity index (χ2v) is 6.49. The Morgan fingerprint density at radius 2 is 1.58 bits per heavy atom. The van der Waals surface area contributed by atoms with Crippen LogP contribution in [-0.2, 0) is 0 Å². The summed E-state index contributed by atoms with van der Waals surface area (Å²) in [5.41, 5.74) is 7.70. The molecule has 0 saturated carbocycles. The van der Waals surface area contributed by atoms with Gasteiger partial charge in [-0.1, -0.05) is 35.3 Å². The number of anilines is 2. The molecule has 2 amide bonds. The van der Waals surface area contributed by atoms with E-state index in [-0.39, 0.29) is 0 Å². The summed E-state index contributed by atoms with van der Waals surface area (Å²) in [7, 11) is 0. The van der Waals surface area contributed by atoms with Crippen molar-refractivity contribution in [2.75, 3.05) is 10.7 Å². The Kier molecular flexibility index (Phi) is 5.20. The number of thiazole rings is 1. The highest BCUT2D eigenvalue weighted by molar-refractivity contribution is 7.14. The SMILES string of the molecule is O=C(NNc1nc(-c2ccc(Cl)cc2)cs1)Nc1ccc(Cl)cc1. The maximum Gasteiger partial charge on any atom is 0.337 e. The molecule has 0 unspecified atom stereocenters. The van der Waals surface area contributed by atoms with Gasteiger partial charge in [-0.05, 0) is 36.4 Å². The van der Waals surface area contributed by atoms with E-state index < -0.39 is 6.03 Å². The largest absolute Gasteiger partial charge is 0.337 e. The van der Waals surface area contributed by atoms with Crippen LogP contribution in [0.3, 0.4) is 0 Å². The highest BCUT2D eigenvalue weighted by atomic mass is 35.5. The van der Waals surface area contributed by atoms with Gasteiger partial charge in [0.15, 0.2) is 0 Å². The third kappa shape index (κ3) is 4.38. The quantitative estimate of drug-likeness (QED) is 0.542. The number of carbonyl (C=O) groups excluding carboxylic acids is 1. The van der Waals surface area contributed by atoms with Crippen molar-refractivity contribution in [1.82, 2.24) is 10.4 Å². The fraction of sp³-hybridized carbons (Fsp3) is 0. The first-order chi connectivity index (χ1) is 11.6. The van der Waals surface area contributed by atoms with E-state index in [1.54, 1.807) is 36.4 Å². The Labute approximate surface area is 152 Å². The number of rotatable bonds is 4. The van der Waals surface area contributed by atoms with E-state index in [0.717, 1.165) is 11.3 Å². The number of amides is 2. The molecule has 0 atom stereocenters. The fourth-order valence-electron chi connectivity index (χ4n) is 1.89. The zero-order valence-electron chi connectivity index (χ0n) is 12.2. The Balaban J connectivity index is 1.56. The lowest BCUT2D eigenvalue weighted by Crippen LogP contribution is -2.33. The molecule has 8 heteroatoms. The van der Waals surface area contributed by atoms with Crippen LogP contribution in [0.4, 0.5) is 15.6 Å². The molecule has 0 radical (unpaired) electrons. The van der Waals surface area contributed by atoms with Gasteiger partial charge in [-0.2, -0.15) is 0 Å². The molecule has 0 aliphatic heterocycles. The van der Waals surface area contributed by atoms with Crippen molar-refractivity contribution in [3.8, 4) is 11.3 Å². The Bertz CT molecular complexity index is 834. The van der Waals surface area contributed by atoms with E-state index in [1.165, 1.54) is 11.3 Å². The zero-order valence-corrected chi connectivity index (χ0v) is 14.5. The van der Waals surface area contributed by atoms with Gasteiger partial charge in [0.1, 0.15) is 0 Å². The van der Waals surface area contributed by atoms with Crippen LogP contribution in [0.2, 0.25) is 10.0 Å². The molecule has 0 aliphatic carbocycles. The second-order valence-electron chi connectivity index (χ2n) is 4.76. The van der Waals surface area contributed by atoms with Gasteiger partial charge in [0, 0.05) is 26.7 Å². The van der Waals surface area contributed by atoms with Gasteiger partial charge in [-0.25, -0.2) is 15.2 Å². The molecule has 24 heavy (non-hydrogen) atoms. The standard InChI is InChI=1S/C16H12Cl2N4OS/c17-11-3-1-10(2-4-11)14-9-24-16(20-14)22-21-15(23)19-13-7-5-12(18)6-8-13/h1-9H,(H,20,22)(H2,19,21,23). The predicted octanol–water partition coefficient (Wildman–Crippen LogP) is 5.27. The molecule has 0 bridgehead atoms. The van der Waals surface area contributed by atoms with Crippen molar-refractivity contribution in [2.24, 2.45) is 0 Å². The molecular formula is C16H12Cl2N4OS. The number of halogens is 2. The Morgan fingerprint density at radius 3 is 2.25 bits per heavy atom. The zero-order chi connectivity index (χ0) is 16.9. The molecule has 3 N–H and O–H groups in total. The summed E-state index contributed by atoms with van der Waals surface area (Å²) in [6, 6.07) is 13.8. The minimum Gasteiger partial charge on any atom is -0.307 e. The van der Waals surface area contributed by atoms with Crippen molar-refractivity contribution in [2.45, 2.75) is 0 Å². The van der Waals surface area contributed by atoms with Gasteiger partial charge < -0.3 is 5.32 Å². The highest BCUT2D eigenvalue weighted by Gasteiger charge is 2.06. The Hall–Kier alpha value is -2.28. The highest BCUT2D eigenvalue weighted by Crippen LogP contribution is 2.25. The number of nitrogens with zero attached hydrogens (tertiary/aromatic N) is 1. The summed E-state index contributed by atoms with van der Waals surface area (Å²) in [6.45, 7) is 0. The van der Waals surface area contributed by atoms with Crippen molar-refractivity contribution in [3.63, 3.8) is 0 Å². The van der Waals surface area contributed by atoms with Gasteiger partial charge in [-0.15, -0.1) is 11.3 Å². The maximum atomic E-state index is 11.8. The number of urea groups is 1. The van der Waals surface area contributed by atoms with E-state index in [0.29, 0.717) is 20.9 Å². The number of carbonyl (C=O) groups is 1. The lowest BCUT2D eigenvalue weighted by Gasteiger charge is -2.07. The van der Waals surface area contributed by atoms with Crippen LogP contribution in [0.1, 0.15) is 0 Å². The lowest BCUT2D eigenvalue weighted by molar-refractivity contribution is 0.254. The van der Waals surface area contributed by atoms with E-state index in [4.69, 9.17) is 23.2 Å². The van der Waals surface area contributed by atoms with Crippen LogP contribution < -0.4 is 16.2 Å². The summed E-state index contributed by atoms with van der Waals surface area (Å²) in [4.78, 5) is 16.2. The van der Waals surface area contributed by atoms with Crippen molar-refractivity contribution in [3.05, 3.63) is 64.0 Å². The summed E-state index contributed by atoms with van der Waals surface area (Å²) in [5.74, 6) is 0. The average Bonchev–Trinajstić information content (AvgIpc) is 3.05. The van der Waals surface area contributed by atoms with E-state index >= 15 is 0 Å². The van der Waals surface area contributed by atoms with Crippen LogP contribution in [-0.4, -0.2) is 11.0 Å². The third-order valence-corrected chi connectivity index (χ3v) is 4.29. The predicted molar refractivity (Wildman–Crippen MR) is 99.8 cm³/mol. The van der Waals surface area contributed by atoms with E-state index in [1.807, 2.05) is 17.5 Å². The molecular weight excluding hydrogens is 367 g/mol. The number of nitrogens with one attached hydrogen (secondary N) is 3. The fourth-order valence-corrected chi connectivity index (χ4v) is 2.82. The Morgan fingerprint density at radius 1 is 0.958 bits per heavy atom. The maximum absolute atomic E-state index is 11.8. The summed E-state index contributed by atoms with van der Waals surface area (Å²) in [5, 5.41) is 6.43. The topological polar surface area (TPSA) is 66.0 Å². The minimum absolute atomic E-state index is 0.402. The molecule has 3 rings (SSSR count). The molecule has 3 aromatic rings. The number of aromatic nitrogens is 1. The summed E-state index contributed by atoms with van der Waals surface area (Å²) < 4.78 is 0. The van der Waals surface area contributed by atoms with Gasteiger partial charge in [-0.3, -0.25) is 5.43 Å². The van der Waals surface area contributed by atoms with Crippen LogP contribution in [0.5, 0.6) is 0 Å². The molecule has 1 heterocycles. The molecule has 122 valence electrons. The van der Waals surface area contributed by atoms with Crippen LogP contribution in [0, 0.1) is 0 Å². The first-order valence-electron chi connectivity index (χ1n) is 6.90. The molecule has 0 saturated heterocycles. The van der Waals surface area contributed by atoms with Gasteiger partial charge in [0.2, 0.25) is 5.13 Å². The molecule has 5 nitrogen and oxygen atoms in total.